The fraction of sp³-hybridized carbons (Fsp3) is 0.316. The molecule has 2 aromatic heterocycles. The highest BCUT2D eigenvalue weighted by Crippen LogP contribution is 2.38. The van der Waals surface area contributed by atoms with E-state index >= 15 is 0 Å². The molecule has 4 nitrogen and oxygen atoms in total. The molecule has 0 fully saturated rings. The quantitative estimate of drug-likeness (QED) is 0.772. The minimum absolute atomic E-state index is 0. The third kappa shape index (κ3) is 2.56. The van der Waals surface area contributed by atoms with E-state index in [1.165, 1.54) is 27.7 Å². The zero-order valence-corrected chi connectivity index (χ0v) is 14.9. The second-order valence-electron chi connectivity index (χ2n) is 6.29. The highest BCUT2D eigenvalue weighted by Gasteiger charge is 2.30. The van der Waals surface area contributed by atoms with Crippen molar-refractivity contribution in [1.29, 1.82) is 0 Å². The second-order valence-corrected chi connectivity index (χ2v) is 6.29. The minimum Gasteiger partial charge on any atom is -0.497 e. The summed E-state index contributed by atoms with van der Waals surface area (Å²) in [6.07, 6.45) is 4.75. The number of nitrogens with zero attached hydrogens (tertiary/aromatic N) is 2. The molecule has 0 bridgehead atoms. The Hall–Kier alpha value is -2.04. The van der Waals surface area contributed by atoms with Gasteiger partial charge in [0.1, 0.15) is 5.75 Å². The monoisotopic (exact) mass is 343 g/mol. The number of hydrogen-bond donors (Lipinski definition) is 1. The fourth-order valence-electron chi connectivity index (χ4n) is 3.77. The van der Waals surface area contributed by atoms with E-state index in [1.807, 2.05) is 18.5 Å². The molecular formula is C19H22ClN3O. The largest absolute Gasteiger partial charge is 0.497 e. The molecule has 0 amide bonds. The van der Waals surface area contributed by atoms with Crippen LogP contribution >= 0.6 is 12.4 Å². The van der Waals surface area contributed by atoms with Gasteiger partial charge in [0.15, 0.2) is 0 Å². The number of fused-ring (bicyclic) bond motifs is 3. The molecule has 126 valence electrons. The Labute approximate surface area is 148 Å². The second kappa shape index (κ2) is 6.46. The SMILES string of the molecule is COc1ccc2c(c1)c1c(n2C)C(c2ccncc2)NC(C)C1.Cl. The van der Waals surface area contributed by atoms with E-state index in [0.29, 0.717) is 6.04 Å². The van der Waals surface area contributed by atoms with Crippen molar-refractivity contribution in [2.24, 2.45) is 7.05 Å². The van der Waals surface area contributed by atoms with Gasteiger partial charge >= 0.3 is 0 Å². The number of aryl methyl sites for hydroxylation is 1. The van der Waals surface area contributed by atoms with Crippen LogP contribution in [0.4, 0.5) is 0 Å². The number of benzene rings is 1. The van der Waals surface area contributed by atoms with Crippen LogP contribution in [-0.4, -0.2) is 22.7 Å². The summed E-state index contributed by atoms with van der Waals surface area (Å²) in [4.78, 5) is 4.15. The molecule has 0 spiro atoms. The molecule has 2 atom stereocenters. The molecule has 1 N–H and O–H groups in total. The average molecular weight is 344 g/mol. The van der Waals surface area contributed by atoms with Gasteiger partial charge in [0.05, 0.1) is 13.2 Å². The first-order valence-electron chi connectivity index (χ1n) is 8.00. The van der Waals surface area contributed by atoms with E-state index in [1.54, 1.807) is 7.11 Å². The molecule has 3 heterocycles. The van der Waals surface area contributed by atoms with Crippen LogP contribution in [-0.2, 0) is 13.5 Å². The number of pyridine rings is 1. The molecule has 1 aromatic carbocycles. The number of halogens is 1. The zero-order valence-electron chi connectivity index (χ0n) is 14.1. The lowest BCUT2D eigenvalue weighted by atomic mass is 9.91. The number of ether oxygens (including phenoxy) is 1. The van der Waals surface area contributed by atoms with Crippen LogP contribution in [0, 0.1) is 0 Å². The van der Waals surface area contributed by atoms with Gasteiger partial charge in [0, 0.05) is 42.1 Å². The summed E-state index contributed by atoms with van der Waals surface area (Å²) in [7, 11) is 3.88. The first-order valence-corrected chi connectivity index (χ1v) is 8.00. The summed E-state index contributed by atoms with van der Waals surface area (Å²) in [5.74, 6) is 0.914. The Kier molecular flexibility index (Phi) is 4.52. The summed E-state index contributed by atoms with van der Waals surface area (Å²) < 4.78 is 7.74. The molecule has 5 heteroatoms. The zero-order chi connectivity index (χ0) is 16.0. The van der Waals surface area contributed by atoms with Crippen LogP contribution in [0.5, 0.6) is 5.75 Å². The van der Waals surface area contributed by atoms with Crippen molar-refractivity contribution in [3.8, 4) is 5.75 Å². The van der Waals surface area contributed by atoms with Crippen molar-refractivity contribution in [2.45, 2.75) is 25.4 Å². The van der Waals surface area contributed by atoms with Gasteiger partial charge < -0.3 is 14.6 Å². The molecule has 4 rings (SSSR count). The predicted octanol–water partition coefficient (Wildman–Crippen LogP) is 3.63. The lowest BCUT2D eigenvalue weighted by molar-refractivity contribution is 0.415. The van der Waals surface area contributed by atoms with Gasteiger partial charge in [-0.25, -0.2) is 0 Å². The van der Waals surface area contributed by atoms with Crippen molar-refractivity contribution in [3.05, 3.63) is 59.5 Å². The number of nitrogens with one attached hydrogen (secondary N) is 1. The van der Waals surface area contributed by atoms with Gasteiger partial charge in [-0.3, -0.25) is 4.98 Å². The smallest absolute Gasteiger partial charge is 0.119 e. The normalized spacial score (nSPS) is 19.6. The summed E-state index contributed by atoms with van der Waals surface area (Å²) >= 11 is 0. The van der Waals surface area contributed by atoms with Crippen molar-refractivity contribution in [1.82, 2.24) is 14.9 Å². The van der Waals surface area contributed by atoms with E-state index in [-0.39, 0.29) is 18.4 Å². The van der Waals surface area contributed by atoms with Gasteiger partial charge in [-0.2, -0.15) is 0 Å². The third-order valence-corrected chi connectivity index (χ3v) is 4.84. The van der Waals surface area contributed by atoms with Crippen LogP contribution in [0.2, 0.25) is 0 Å². The summed E-state index contributed by atoms with van der Waals surface area (Å²) in [6.45, 7) is 2.25. The highest BCUT2D eigenvalue weighted by molar-refractivity contribution is 5.87. The maximum Gasteiger partial charge on any atom is 0.119 e. The molecule has 0 saturated carbocycles. The molecule has 0 saturated heterocycles. The fourth-order valence-corrected chi connectivity index (χ4v) is 3.77. The predicted molar refractivity (Wildman–Crippen MR) is 99.1 cm³/mol. The maximum atomic E-state index is 5.43. The van der Waals surface area contributed by atoms with Gasteiger partial charge in [-0.15, -0.1) is 12.4 Å². The lowest BCUT2D eigenvalue weighted by Gasteiger charge is -2.31. The first-order chi connectivity index (χ1) is 11.2. The standard InChI is InChI=1S/C19H21N3O.ClH/c1-12-10-16-15-11-14(23-3)4-5-17(15)22(2)19(16)18(21-12)13-6-8-20-9-7-13;/h4-9,11-12,18,21H,10H2,1-3H3;1H. The molecule has 0 aliphatic carbocycles. The third-order valence-electron chi connectivity index (χ3n) is 4.84. The summed E-state index contributed by atoms with van der Waals surface area (Å²) in [5.41, 5.74) is 5.28. The van der Waals surface area contributed by atoms with Crippen molar-refractivity contribution >= 4 is 23.3 Å². The van der Waals surface area contributed by atoms with Crippen LogP contribution in [0.25, 0.3) is 10.9 Å². The van der Waals surface area contributed by atoms with E-state index < -0.39 is 0 Å². The molecule has 1 aliphatic heterocycles. The maximum absolute atomic E-state index is 5.43. The Balaban J connectivity index is 0.00000169. The van der Waals surface area contributed by atoms with Crippen LogP contribution in [0.15, 0.2) is 42.7 Å². The van der Waals surface area contributed by atoms with Crippen molar-refractivity contribution in [2.75, 3.05) is 7.11 Å². The first kappa shape index (κ1) is 16.8. The molecule has 1 aliphatic rings. The topological polar surface area (TPSA) is 39.1 Å². The van der Waals surface area contributed by atoms with Gasteiger partial charge in [-0.05, 0) is 54.8 Å². The Bertz CT molecular complexity index is 860. The van der Waals surface area contributed by atoms with Crippen LogP contribution in [0.3, 0.4) is 0 Å². The number of rotatable bonds is 2. The molecular weight excluding hydrogens is 322 g/mol. The van der Waals surface area contributed by atoms with Crippen LogP contribution < -0.4 is 10.1 Å². The Morgan fingerprint density at radius 1 is 1.21 bits per heavy atom. The van der Waals surface area contributed by atoms with Crippen LogP contribution in [0.1, 0.15) is 29.8 Å². The average Bonchev–Trinajstić information content (AvgIpc) is 2.87. The Morgan fingerprint density at radius 3 is 2.67 bits per heavy atom. The van der Waals surface area contributed by atoms with Gasteiger partial charge in [-0.1, -0.05) is 0 Å². The van der Waals surface area contributed by atoms with E-state index in [4.69, 9.17) is 4.74 Å². The number of hydrogen-bond acceptors (Lipinski definition) is 3. The molecule has 3 aromatic rings. The molecule has 0 radical (unpaired) electrons. The molecule has 24 heavy (non-hydrogen) atoms. The summed E-state index contributed by atoms with van der Waals surface area (Å²) in [5, 5.41) is 5.04. The number of aromatic nitrogens is 2. The van der Waals surface area contributed by atoms with E-state index in [0.717, 1.165) is 12.2 Å². The highest BCUT2D eigenvalue weighted by atomic mass is 35.5. The summed E-state index contributed by atoms with van der Waals surface area (Å²) in [6, 6.07) is 11.2. The molecule has 2 unspecified atom stereocenters. The Morgan fingerprint density at radius 2 is 1.96 bits per heavy atom. The minimum atomic E-state index is 0. The van der Waals surface area contributed by atoms with Crippen molar-refractivity contribution < 1.29 is 4.74 Å². The lowest BCUT2D eigenvalue weighted by Crippen LogP contribution is -2.38. The van der Waals surface area contributed by atoms with Gasteiger partial charge in [0.2, 0.25) is 0 Å². The van der Waals surface area contributed by atoms with Crippen molar-refractivity contribution in [3.63, 3.8) is 0 Å². The van der Waals surface area contributed by atoms with E-state index in [2.05, 4.69) is 53.1 Å². The van der Waals surface area contributed by atoms with E-state index in [9.17, 15) is 0 Å². The van der Waals surface area contributed by atoms with Gasteiger partial charge in [0.25, 0.3) is 0 Å². The number of methoxy groups -OCH3 is 1.